The second-order valence-corrected chi connectivity index (χ2v) is 8.52. The first kappa shape index (κ1) is 19.4. The molecule has 1 aromatic carbocycles. The van der Waals surface area contributed by atoms with Gasteiger partial charge in [-0.2, -0.15) is 0 Å². The molecule has 0 radical (unpaired) electrons. The Labute approximate surface area is 172 Å². The quantitative estimate of drug-likeness (QED) is 0.663. The summed E-state index contributed by atoms with van der Waals surface area (Å²) in [5.41, 5.74) is 2.49. The van der Waals surface area contributed by atoms with Crippen molar-refractivity contribution >= 4 is 38.8 Å². The van der Waals surface area contributed by atoms with Crippen LogP contribution in [-0.2, 0) is 4.79 Å². The first-order valence-electron chi connectivity index (χ1n) is 9.64. The summed E-state index contributed by atoms with van der Waals surface area (Å²) in [7, 11) is 1.60. The third kappa shape index (κ3) is 3.48. The number of aromatic nitrogens is 2. The molecule has 3 heterocycles. The number of methoxy groups -OCH3 is 1. The van der Waals surface area contributed by atoms with Crippen molar-refractivity contribution in [2.75, 3.05) is 23.9 Å². The molecule has 0 saturated carbocycles. The minimum absolute atomic E-state index is 0.110. The monoisotopic (exact) mass is 412 g/mol. The predicted molar refractivity (Wildman–Crippen MR) is 116 cm³/mol. The molecule has 1 amide bonds. The summed E-state index contributed by atoms with van der Waals surface area (Å²) in [5.74, 6) is 1.34. The molecule has 1 aliphatic rings. The molecule has 3 aromatic rings. The number of thiophene rings is 1. The van der Waals surface area contributed by atoms with Crippen LogP contribution >= 0.6 is 11.3 Å². The minimum Gasteiger partial charge on any atom is -0.494 e. The van der Waals surface area contributed by atoms with Gasteiger partial charge in [0.2, 0.25) is 5.91 Å². The number of ether oxygens (including phenoxy) is 1. The molecule has 2 N–H and O–H groups in total. The van der Waals surface area contributed by atoms with E-state index in [1.54, 1.807) is 12.0 Å². The van der Waals surface area contributed by atoms with E-state index in [0.717, 1.165) is 33.1 Å². The van der Waals surface area contributed by atoms with Crippen LogP contribution in [0, 0.1) is 13.8 Å². The topological polar surface area (TPSA) is 87.3 Å². The maximum Gasteiger partial charge on any atom is 0.259 e. The van der Waals surface area contributed by atoms with Gasteiger partial charge < -0.3 is 19.9 Å². The fourth-order valence-corrected chi connectivity index (χ4v) is 4.73. The fourth-order valence-electron chi connectivity index (χ4n) is 3.69. The molecule has 8 heteroatoms. The van der Waals surface area contributed by atoms with Crippen LogP contribution < -0.4 is 20.5 Å². The number of nitrogens with zero attached hydrogens (tertiary/aromatic N) is 2. The highest BCUT2D eigenvalue weighted by Crippen LogP contribution is 2.35. The second-order valence-electron chi connectivity index (χ2n) is 7.32. The molecule has 0 spiro atoms. The Kier molecular flexibility index (Phi) is 5.04. The smallest absolute Gasteiger partial charge is 0.259 e. The number of aromatic amines is 1. The summed E-state index contributed by atoms with van der Waals surface area (Å²) in [6.45, 7) is 6.61. The van der Waals surface area contributed by atoms with E-state index >= 15 is 0 Å². The first-order valence-corrected chi connectivity index (χ1v) is 10.5. The first-order chi connectivity index (χ1) is 13.9. The maximum absolute atomic E-state index is 12.5. The molecular formula is C21H24N4O3S. The average molecular weight is 413 g/mol. The molecule has 7 nitrogen and oxygen atoms in total. The number of carbonyl (C=O) groups is 1. The summed E-state index contributed by atoms with van der Waals surface area (Å²) in [5, 5.41) is 4.03. The van der Waals surface area contributed by atoms with Crippen molar-refractivity contribution in [1.82, 2.24) is 9.97 Å². The molecule has 0 bridgehead atoms. The number of hydrogen-bond donors (Lipinski definition) is 2. The molecule has 152 valence electrons. The van der Waals surface area contributed by atoms with Gasteiger partial charge in [-0.3, -0.25) is 9.59 Å². The van der Waals surface area contributed by atoms with Crippen LogP contribution in [0.2, 0.25) is 0 Å². The SMILES string of the molecule is COc1cc(NC(C)c2nc3sc(C)c(C)c3c(=O)[nH]2)ccc1N1CCCC1=O. The zero-order chi connectivity index (χ0) is 20.7. The third-order valence-electron chi connectivity index (χ3n) is 5.39. The van der Waals surface area contributed by atoms with Crippen LogP contribution in [0.1, 0.15) is 42.1 Å². The lowest BCUT2D eigenvalue weighted by Crippen LogP contribution is -2.24. The lowest BCUT2D eigenvalue weighted by molar-refractivity contribution is -0.117. The average Bonchev–Trinajstić information content (AvgIpc) is 3.24. The van der Waals surface area contributed by atoms with Crippen LogP contribution in [-0.4, -0.2) is 29.5 Å². The molecule has 4 rings (SSSR count). The summed E-state index contributed by atoms with van der Waals surface area (Å²) in [6.07, 6.45) is 1.44. The van der Waals surface area contributed by atoms with Crippen LogP contribution in [0.25, 0.3) is 10.2 Å². The van der Waals surface area contributed by atoms with E-state index in [4.69, 9.17) is 4.74 Å². The van der Waals surface area contributed by atoms with E-state index in [2.05, 4.69) is 15.3 Å². The zero-order valence-corrected chi connectivity index (χ0v) is 17.8. The fraction of sp³-hybridized carbons (Fsp3) is 0.381. The van der Waals surface area contributed by atoms with Crippen LogP contribution in [0.5, 0.6) is 5.75 Å². The second kappa shape index (κ2) is 7.51. The van der Waals surface area contributed by atoms with Crippen molar-refractivity contribution in [1.29, 1.82) is 0 Å². The Bertz CT molecular complexity index is 1150. The van der Waals surface area contributed by atoms with Crippen LogP contribution in [0.4, 0.5) is 11.4 Å². The van der Waals surface area contributed by atoms with Gasteiger partial charge in [0.05, 0.1) is 24.2 Å². The number of rotatable bonds is 5. The van der Waals surface area contributed by atoms with Gasteiger partial charge in [0.1, 0.15) is 16.4 Å². The van der Waals surface area contributed by atoms with Crippen molar-refractivity contribution in [2.24, 2.45) is 0 Å². The molecule has 1 fully saturated rings. The van der Waals surface area contributed by atoms with Crippen molar-refractivity contribution in [2.45, 2.75) is 39.7 Å². The Morgan fingerprint density at radius 1 is 1.31 bits per heavy atom. The molecule has 1 atom stereocenters. The van der Waals surface area contributed by atoms with E-state index in [1.165, 1.54) is 11.3 Å². The molecule has 1 aliphatic heterocycles. The third-order valence-corrected chi connectivity index (χ3v) is 6.50. The number of carbonyl (C=O) groups excluding carboxylic acids is 1. The van der Waals surface area contributed by atoms with Gasteiger partial charge in [0.25, 0.3) is 5.56 Å². The number of H-pyrrole nitrogens is 1. The summed E-state index contributed by atoms with van der Waals surface area (Å²) >= 11 is 1.54. The Morgan fingerprint density at radius 3 is 2.79 bits per heavy atom. The number of fused-ring (bicyclic) bond motifs is 1. The van der Waals surface area contributed by atoms with E-state index < -0.39 is 0 Å². The highest BCUT2D eigenvalue weighted by atomic mass is 32.1. The molecular weight excluding hydrogens is 388 g/mol. The minimum atomic E-state index is -0.209. The predicted octanol–water partition coefficient (Wildman–Crippen LogP) is 3.91. The van der Waals surface area contributed by atoms with Crippen LogP contribution in [0.3, 0.4) is 0 Å². The van der Waals surface area contributed by atoms with E-state index in [0.29, 0.717) is 29.9 Å². The Hall–Kier alpha value is -2.87. The number of aryl methyl sites for hydroxylation is 2. The molecule has 1 unspecified atom stereocenters. The van der Waals surface area contributed by atoms with Gasteiger partial charge in [-0.05, 0) is 44.9 Å². The van der Waals surface area contributed by atoms with Gasteiger partial charge in [-0.25, -0.2) is 4.98 Å². The molecule has 2 aromatic heterocycles. The number of benzene rings is 1. The van der Waals surface area contributed by atoms with Crippen molar-refractivity contribution in [3.8, 4) is 5.75 Å². The van der Waals surface area contributed by atoms with Gasteiger partial charge in [0.15, 0.2) is 0 Å². The molecule has 0 aliphatic carbocycles. The Balaban J connectivity index is 1.61. The largest absolute Gasteiger partial charge is 0.494 e. The number of hydrogen-bond acceptors (Lipinski definition) is 6. The molecule has 29 heavy (non-hydrogen) atoms. The summed E-state index contributed by atoms with van der Waals surface area (Å²) in [6, 6.07) is 5.46. The van der Waals surface area contributed by atoms with Crippen LogP contribution in [0.15, 0.2) is 23.0 Å². The lowest BCUT2D eigenvalue weighted by atomic mass is 10.2. The Morgan fingerprint density at radius 2 is 2.10 bits per heavy atom. The van der Waals surface area contributed by atoms with E-state index in [9.17, 15) is 9.59 Å². The highest BCUT2D eigenvalue weighted by Gasteiger charge is 2.24. The highest BCUT2D eigenvalue weighted by molar-refractivity contribution is 7.18. The standard InChI is InChI=1S/C21H24N4O3S/c1-11-13(3)29-21-18(11)20(27)23-19(24-21)12(2)22-14-7-8-15(16(10-14)28-4)25-9-5-6-17(25)26/h7-8,10,12,22H,5-6,9H2,1-4H3,(H,23,24,27). The normalized spacial score (nSPS) is 15.2. The van der Waals surface area contributed by atoms with Crippen molar-refractivity contribution < 1.29 is 9.53 Å². The number of amides is 1. The maximum atomic E-state index is 12.5. The van der Waals surface area contributed by atoms with E-state index in [1.807, 2.05) is 39.0 Å². The lowest BCUT2D eigenvalue weighted by Gasteiger charge is -2.21. The molecule has 1 saturated heterocycles. The number of nitrogens with one attached hydrogen (secondary N) is 2. The van der Waals surface area contributed by atoms with Crippen molar-refractivity contribution in [3.05, 3.63) is 44.8 Å². The van der Waals surface area contributed by atoms with Gasteiger partial charge in [-0.1, -0.05) is 0 Å². The van der Waals surface area contributed by atoms with E-state index in [-0.39, 0.29) is 17.5 Å². The zero-order valence-electron chi connectivity index (χ0n) is 17.0. The summed E-state index contributed by atoms with van der Waals surface area (Å²) < 4.78 is 5.52. The number of anilines is 2. The van der Waals surface area contributed by atoms with Crippen molar-refractivity contribution in [3.63, 3.8) is 0 Å². The summed E-state index contributed by atoms with van der Waals surface area (Å²) in [4.78, 5) is 35.8. The van der Waals surface area contributed by atoms with Gasteiger partial charge in [-0.15, -0.1) is 11.3 Å². The van der Waals surface area contributed by atoms with Gasteiger partial charge in [0, 0.05) is 29.6 Å². The van der Waals surface area contributed by atoms with Gasteiger partial charge >= 0.3 is 0 Å².